The first-order chi connectivity index (χ1) is 13.9. The van der Waals surface area contributed by atoms with E-state index in [2.05, 4.69) is 16.0 Å². The van der Waals surface area contributed by atoms with Crippen LogP contribution in [0, 0.1) is 18.3 Å². The van der Waals surface area contributed by atoms with Gasteiger partial charge in [0.2, 0.25) is 0 Å². The molecule has 0 spiro atoms. The van der Waals surface area contributed by atoms with Gasteiger partial charge < -0.3 is 9.40 Å². The Balaban J connectivity index is 1.77. The molecule has 0 fully saturated rings. The number of fused-ring (bicyclic) bond motifs is 1. The van der Waals surface area contributed by atoms with Crippen LogP contribution < -0.4 is 5.56 Å². The van der Waals surface area contributed by atoms with E-state index >= 15 is 0 Å². The molecule has 0 saturated heterocycles. The predicted molar refractivity (Wildman–Crippen MR) is 115 cm³/mol. The zero-order valence-electron chi connectivity index (χ0n) is 15.2. The number of hydrogen-bond acceptors (Lipinski definition) is 4. The van der Waals surface area contributed by atoms with Crippen LogP contribution >= 0.6 is 23.2 Å². The molecule has 0 unspecified atom stereocenters. The molecule has 0 amide bonds. The molecule has 0 radical (unpaired) electrons. The highest BCUT2D eigenvalue weighted by Gasteiger charge is 2.12. The summed E-state index contributed by atoms with van der Waals surface area (Å²) in [4.78, 5) is 19.4. The van der Waals surface area contributed by atoms with Crippen molar-refractivity contribution in [1.82, 2.24) is 9.97 Å². The van der Waals surface area contributed by atoms with Crippen molar-refractivity contribution in [2.24, 2.45) is 0 Å². The number of aryl methyl sites for hydroxylation is 1. The highest BCUT2D eigenvalue weighted by molar-refractivity contribution is 6.35. The second-order valence-corrected chi connectivity index (χ2v) is 7.27. The molecular weight excluding hydrogens is 409 g/mol. The molecule has 5 nitrogen and oxygen atoms in total. The normalized spacial score (nSPS) is 11.6. The number of furan rings is 1. The van der Waals surface area contributed by atoms with Crippen molar-refractivity contribution < 1.29 is 4.42 Å². The Morgan fingerprint density at radius 1 is 1.17 bits per heavy atom. The topological polar surface area (TPSA) is 82.7 Å². The largest absolute Gasteiger partial charge is 0.457 e. The first kappa shape index (κ1) is 19.0. The Kier molecular flexibility index (Phi) is 4.98. The van der Waals surface area contributed by atoms with E-state index in [1.165, 1.54) is 6.08 Å². The second-order valence-electron chi connectivity index (χ2n) is 6.43. The van der Waals surface area contributed by atoms with Crippen molar-refractivity contribution in [2.45, 2.75) is 6.92 Å². The maximum absolute atomic E-state index is 12.4. The number of hydrogen-bond donors (Lipinski definition) is 1. The first-order valence-corrected chi connectivity index (χ1v) is 9.38. The van der Waals surface area contributed by atoms with E-state index in [0.29, 0.717) is 38.0 Å². The molecule has 0 aliphatic carbocycles. The van der Waals surface area contributed by atoms with Crippen molar-refractivity contribution in [3.05, 3.63) is 86.1 Å². The van der Waals surface area contributed by atoms with Gasteiger partial charge in [-0.3, -0.25) is 4.79 Å². The van der Waals surface area contributed by atoms with Crippen molar-refractivity contribution >= 4 is 45.8 Å². The van der Waals surface area contributed by atoms with E-state index in [-0.39, 0.29) is 17.0 Å². The molecule has 29 heavy (non-hydrogen) atoms. The molecule has 0 saturated carbocycles. The predicted octanol–water partition coefficient (Wildman–Crippen LogP) is 5.86. The van der Waals surface area contributed by atoms with Gasteiger partial charge in [-0.1, -0.05) is 29.3 Å². The number of allylic oxidation sites excluding steroid dienone is 1. The molecule has 7 heteroatoms. The van der Waals surface area contributed by atoms with Crippen molar-refractivity contribution in [3.8, 4) is 17.4 Å². The van der Waals surface area contributed by atoms with Crippen LogP contribution in [0.3, 0.4) is 0 Å². The average molecular weight is 422 g/mol. The monoisotopic (exact) mass is 421 g/mol. The summed E-state index contributed by atoms with van der Waals surface area (Å²) in [7, 11) is 0. The third kappa shape index (κ3) is 3.81. The van der Waals surface area contributed by atoms with Crippen LogP contribution in [0.1, 0.15) is 17.1 Å². The van der Waals surface area contributed by atoms with Crippen LogP contribution in [0.25, 0.3) is 33.9 Å². The number of nitrogens with one attached hydrogen (secondary N) is 1. The van der Waals surface area contributed by atoms with Gasteiger partial charge >= 0.3 is 0 Å². The number of aromatic nitrogens is 2. The highest BCUT2D eigenvalue weighted by atomic mass is 35.5. The zero-order chi connectivity index (χ0) is 20.5. The molecule has 4 aromatic rings. The van der Waals surface area contributed by atoms with Gasteiger partial charge in [-0.05, 0) is 55.0 Å². The van der Waals surface area contributed by atoms with Gasteiger partial charge in [-0.15, -0.1) is 0 Å². The van der Waals surface area contributed by atoms with E-state index in [1.807, 2.05) is 13.0 Å². The first-order valence-electron chi connectivity index (χ1n) is 8.63. The molecule has 1 N–H and O–H groups in total. The summed E-state index contributed by atoms with van der Waals surface area (Å²) in [6.45, 7) is 1.91. The molecular formula is C22H13Cl2N3O2. The number of halogens is 2. The van der Waals surface area contributed by atoms with Crippen molar-refractivity contribution in [2.75, 3.05) is 0 Å². The number of benzene rings is 2. The third-order valence-corrected chi connectivity index (χ3v) is 4.91. The van der Waals surface area contributed by atoms with Crippen LogP contribution in [-0.4, -0.2) is 9.97 Å². The Hall–Kier alpha value is -3.33. The Labute approximate surface area is 175 Å². The lowest BCUT2D eigenvalue weighted by Gasteiger charge is -2.03. The number of nitrogens with zero attached hydrogens (tertiary/aromatic N) is 2. The third-order valence-electron chi connectivity index (χ3n) is 4.34. The summed E-state index contributed by atoms with van der Waals surface area (Å²) in [6, 6.07) is 15.9. The smallest absolute Gasteiger partial charge is 0.259 e. The lowest BCUT2D eigenvalue weighted by molar-refractivity contribution is 0.572. The maximum Gasteiger partial charge on any atom is 0.259 e. The zero-order valence-corrected chi connectivity index (χ0v) is 16.7. The van der Waals surface area contributed by atoms with E-state index in [9.17, 15) is 10.1 Å². The molecule has 2 heterocycles. The van der Waals surface area contributed by atoms with Crippen LogP contribution in [0.4, 0.5) is 0 Å². The Bertz CT molecular complexity index is 1380. The lowest BCUT2D eigenvalue weighted by atomic mass is 10.1. The van der Waals surface area contributed by atoms with Gasteiger partial charge in [0.05, 0.1) is 21.5 Å². The summed E-state index contributed by atoms with van der Waals surface area (Å²) in [5.74, 6) is 1.10. The summed E-state index contributed by atoms with van der Waals surface area (Å²) < 4.78 is 5.81. The van der Waals surface area contributed by atoms with Crippen molar-refractivity contribution in [1.29, 1.82) is 5.26 Å². The Morgan fingerprint density at radius 3 is 2.79 bits per heavy atom. The van der Waals surface area contributed by atoms with Crippen LogP contribution in [0.5, 0.6) is 0 Å². The fourth-order valence-electron chi connectivity index (χ4n) is 2.93. The number of H-pyrrole nitrogens is 1. The Morgan fingerprint density at radius 2 is 2.00 bits per heavy atom. The average Bonchev–Trinajstić information content (AvgIpc) is 3.16. The van der Waals surface area contributed by atoms with Crippen LogP contribution in [0.2, 0.25) is 10.0 Å². The summed E-state index contributed by atoms with van der Waals surface area (Å²) in [6.07, 6.45) is 1.52. The summed E-state index contributed by atoms with van der Waals surface area (Å²) in [5.41, 5.74) is 2.00. The van der Waals surface area contributed by atoms with Gasteiger partial charge in [-0.25, -0.2) is 4.98 Å². The molecule has 142 valence electrons. The molecule has 2 aromatic carbocycles. The number of aromatic amines is 1. The quantitative estimate of drug-likeness (QED) is 0.419. The minimum atomic E-state index is -0.308. The molecule has 4 rings (SSSR count). The molecule has 0 atom stereocenters. The van der Waals surface area contributed by atoms with E-state index in [1.54, 1.807) is 42.5 Å². The number of nitriles is 1. The van der Waals surface area contributed by atoms with Crippen LogP contribution in [-0.2, 0) is 0 Å². The van der Waals surface area contributed by atoms with Gasteiger partial charge in [-0.2, -0.15) is 5.26 Å². The van der Waals surface area contributed by atoms with E-state index in [4.69, 9.17) is 27.6 Å². The second kappa shape index (κ2) is 7.59. The molecule has 0 aliphatic heterocycles. The molecule has 0 bridgehead atoms. The van der Waals surface area contributed by atoms with Gasteiger partial charge in [0, 0.05) is 16.7 Å². The van der Waals surface area contributed by atoms with Gasteiger partial charge in [0.25, 0.3) is 5.56 Å². The van der Waals surface area contributed by atoms with Gasteiger partial charge in [0.15, 0.2) is 5.82 Å². The van der Waals surface area contributed by atoms with Crippen LogP contribution in [0.15, 0.2) is 57.7 Å². The minimum absolute atomic E-state index is 0.170. The molecule has 0 aliphatic rings. The standard InChI is InChI=1S/C22H13Cl2N3O2/c1-12-2-5-16-19(8-12)26-21(27-22(16)28)13(11-25)9-15-4-7-20(29-15)17-10-14(23)3-6-18(17)24/h2-10H,1H3,(H,26,27,28). The van der Waals surface area contributed by atoms with E-state index < -0.39 is 0 Å². The fourth-order valence-corrected chi connectivity index (χ4v) is 3.32. The summed E-state index contributed by atoms with van der Waals surface area (Å²) >= 11 is 12.3. The lowest BCUT2D eigenvalue weighted by Crippen LogP contribution is -2.11. The SMILES string of the molecule is Cc1ccc2c(=O)[nH]c(C(C#N)=Cc3ccc(-c4cc(Cl)ccc4Cl)o3)nc2c1. The molecule has 2 aromatic heterocycles. The highest BCUT2D eigenvalue weighted by Crippen LogP contribution is 2.32. The van der Waals surface area contributed by atoms with E-state index in [0.717, 1.165) is 5.56 Å². The minimum Gasteiger partial charge on any atom is -0.457 e. The number of rotatable bonds is 3. The fraction of sp³-hybridized carbons (Fsp3) is 0.0455. The summed E-state index contributed by atoms with van der Waals surface area (Å²) in [5, 5.41) is 11.1. The van der Waals surface area contributed by atoms with Crippen molar-refractivity contribution in [3.63, 3.8) is 0 Å². The maximum atomic E-state index is 12.4. The van der Waals surface area contributed by atoms with Gasteiger partial charge in [0.1, 0.15) is 17.6 Å².